The minimum atomic E-state index is -0.276. The van der Waals surface area contributed by atoms with Gasteiger partial charge in [-0.25, -0.2) is 0 Å². The van der Waals surface area contributed by atoms with Crippen molar-refractivity contribution in [1.29, 1.82) is 0 Å². The van der Waals surface area contributed by atoms with Gasteiger partial charge in [-0.2, -0.15) is 0 Å². The first-order valence-electron chi connectivity index (χ1n) is 2.97. The Labute approximate surface area is 57.5 Å². The van der Waals surface area contributed by atoms with Crippen molar-refractivity contribution in [1.82, 2.24) is 0 Å². The second kappa shape index (κ2) is 2.99. The average Bonchev–Trinajstić information content (AvgIpc) is 1.90. The molecule has 0 fully saturated rings. The van der Waals surface area contributed by atoms with Gasteiger partial charge in [0.05, 0.1) is 0 Å². The third kappa shape index (κ3) is 1.41. The monoisotopic (exact) mass is 156 g/mol. The van der Waals surface area contributed by atoms with E-state index in [4.69, 9.17) is 0 Å². The van der Waals surface area contributed by atoms with Crippen LogP contribution < -0.4 is 4.16 Å². The summed E-state index contributed by atoms with van der Waals surface area (Å²) in [6.07, 6.45) is 0. The molecule has 0 radical (unpaired) electrons. The number of rotatable bonds is 1. The van der Waals surface area contributed by atoms with E-state index in [1.165, 1.54) is 0 Å². The fourth-order valence-corrected chi connectivity index (χ4v) is 2.27. The Kier molecular flexibility index (Phi) is 2.23. The van der Waals surface area contributed by atoms with Gasteiger partial charge in [0.1, 0.15) is 0 Å². The zero-order chi connectivity index (χ0) is 5.82. The summed E-state index contributed by atoms with van der Waals surface area (Å²) in [6, 6.07) is 10.7. The molecule has 1 aromatic carbocycles. The zero-order valence-corrected chi connectivity index (χ0v) is 8.06. The minimum absolute atomic E-state index is 0.276. The van der Waals surface area contributed by atoms with Crippen molar-refractivity contribution in [2.24, 2.45) is 0 Å². The molecule has 0 aliphatic carbocycles. The van der Waals surface area contributed by atoms with Crippen molar-refractivity contribution in [2.45, 2.75) is 5.52 Å². The van der Waals surface area contributed by atoms with Crippen LogP contribution in [0.15, 0.2) is 30.3 Å². The molecule has 1 aromatic rings. The van der Waals surface area contributed by atoms with Gasteiger partial charge in [-0.1, -0.05) is 0 Å². The Balaban J connectivity index is 2.83. The maximum absolute atomic E-state index is 2.35. The van der Waals surface area contributed by atoms with Crippen LogP contribution in [-0.4, -0.2) is 0 Å². The van der Waals surface area contributed by atoms with E-state index in [2.05, 4.69) is 35.8 Å². The second-order valence-electron chi connectivity index (χ2n) is 1.84. The average molecular weight is 158 g/mol. The van der Waals surface area contributed by atoms with Crippen LogP contribution in [0, 0.1) is 0 Å². The van der Waals surface area contributed by atoms with Crippen molar-refractivity contribution in [3.63, 3.8) is 0 Å². The topological polar surface area (TPSA) is 0 Å². The quantitative estimate of drug-likeness (QED) is 0.542. The predicted molar refractivity (Wildman–Crippen MR) is 31.9 cm³/mol. The van der Waals surface area contributed by atoms with E-state index in [0.29, 0.717) is 0 Å². The van der Waals surface area contributed by atoms with Gasteiger partial charge in [0.2, 0.25) is 0 Å². The van der Waals surface area contributed by atoms with Crippen molar-refractivity contribution in [2.75, 3.05) is 0 Å². The van der Waals surface area contributed by atoms with E-state index in [0.717, 1.165) is 0 Å². The second-order valence-corrected chi connectivity index (χ2v) is 5.04. The van der Waals surface area contributed by atoms with E-state index < -0.39 is 0 Å². The van der Waals surface area contributed by atoms with Crippen LogP contribution in [-0.2, 0) is 17.1 Å². The summed E-state index contributed by atoms with van der Waals surface area (Å²) in [7, 11) is 0. The standard InChI is InChI=1S/C6H5.CH3.Zn/c1-2-4-6-5-3-1;;/h1-5H;1H3;. The van der Waals surface area contributed by atoms with E-state index in [1.54, 1.807) is 4.16 Å². The fraction of sp³-hybridized carbons (Fsp3) is 0.143. The summed E-state index contributed by atoms with van der Waals surface area (Å²) < 4.78 is 1.60. The molecule has 0 N–H and O–H groups in total. The van der Waals surface area contributed by atoms with Crippen LogP contribution in [0.2, 0.25) is 5.52 Å². The zero-order valence-electron chi connectivity index (χ0n) is 5.09. The summed E-state index contributed by atoms with van der Waals surface area (Å²) in [5.41, 5.74) is 2.35. The van der Waals surface area contributed by atoms with Crippen LogP contribution in [0.5, 0.6) is 0 Å². The summed E-state index contributed by atoms with van der Waals surface area (Å²) in [5.74, 6) is 0. The number of benzene rings is 1. The molecule has 1 heteroatoms. The molecule has 0 heterocycles. The third-order valence-electron chi connectivity index (χ3n) is 1.25. The SMILES string of the molecule is [CH3][Zn][c]1ccccc1. The Morgan fingerprint density at radius 3 is 2.12 bits per heavy atom. The summed E-state index contributed by atoms with van der Waals surface area (Å²) in [5, 5.41) is 0. The van der Waals surface area contributed by atoms with Gasteiger partial charge in [0, 0.05) is 0 Å². The number of hydrogen-bond donors (Lipinski definition) is 0. The van der Waals surface area contributed by atoms with Gasteiger partial charge in [0.15, 0.2) is 0 Å². The van der Waals surface area contributed by atoms with Crippen LogP contribution >= 0.6 is 0 Å². The predicted octanol–water partition coefficient (Wildman–Crippen LogP) is 1.44. The van der Waals surface area contributed by atoms with Crippen LogP contribution in [0.25, 0.3) is 0 Å². The normalized spacial score (nSPS) is 8.12. The first-order valence-corrected chi connectivity index (χ1v) is 7.42. The molecule has 0 saturated carbocycles. The van der Waals surface area contributed by atoms with Crippen LogP contribution in [0.4, 0.5) is 0 Å². The molecule has 0 amide bonds. The molecular weight excluding hydrogens is 149 g/mol. The van der Waals surface area contributed by atoms with Crippen LogP contribution in [0.1, 0.15) is 0 Å². The Hall–Kier alpha value is -0.157. The molecule has 1 rings (SSSR count). The molecule has 0 nitrogen and oxygen atoms in total. The van der Waals surface area contributed by atoms with Gasteiger partial charge in [-0.15, -0.1) is 0 Å². The molecule has 0 aliphatic rings. The first-order chi connectivity index (χ1) is 3.93. The van der Waals surface area contributed by atoms with Crippen molar-refractivity contribution >= 4 is 4.16 Å². The molecular formula is C7H8Zn. The maximum atomic E-state index is 2.35. The third-order valence-corrected chi connectivity index (χ3v) is 3.95. The van der Waals surface area contributed by atoms with Crippen molar-refractivity contribution < 1.29 is 17.1 Å². The fourth-order valence-electron chi connectivity index (χ4n) is 0.714. The molecule has 0 aliphatic heterocycles. The molecule has 0 atom stereocenters. The molecule has 0 unspecified atom stereocenters. The van der Waals surface area contributed by atoms with E-state index in [1.807, 2.05) is 0 Å². The molecule has 38 valence electrons. The molecule has 0 aromatic heterocycles. The van der Waals surface area contributed by atoms with Gasteiger partial charge in [-0.3, -0.25) is 0 Å². The molecule has 0 saturated heterocycles. The number of hydrogen-bond acceptors (Lipinski definition) is 0. The summed E-state index contributed by atoms with van der Waals surface area (Å²) in [4.78, 5) is 0. The van der Waals surface area contributed by atoms with Gasteiger partial charge in [-0.05, 0) is 0 Å². The summed E-state index contributed by atoms with van der Waals surface area (Å²) >= 11 is -0.276. The molecule has 8 heavy (non-hydrogen) atoms. The van der Waals surface area contributed by atoms with Gasteiger partial charge < -0.3 is 0 Å². The Bertz CT molecular complexity index is 146. The van der Waals surface area contributed by atoms with Gasteiger partial charge >= 0.3 is 57.1 Å². The van der Waals surface area contributed by atoms with Crippen LogP contribution in [0.3, 0.4) is 0 Å². The van der Waals surface area contributed by atoms with Gasteiger partial charge in [0.25, 0.3) is 0 Å². The van der Waals surface area contributed by atoms with E-state index in [-0.39, 0.29) is 17.1 Å². The van der Waals surface area contributed by atoms with E-state index in [9.17, 15) is 0 Å². The van der Waals surface area contributed by atoms with E-state index >= 15 is 0 Å². The molecule has 0 spiro atoms. The molecule has 0 bridgehead atoms. The Morgan fingerprint density at radius 2 is 1.75 bits per heavy atom. The van der Waals surface area contributed by atoms with Crippen molar-refractivity contribution in [3.8, 4) is 0 Å². The first kappa shape index (κ1) is 5.97. The van der Waals surface area contributed by atoms with Crippen molar-refractivity contribution in [3.05, 3.63) is 30.3 Å². The summed E-state index contributed by atoms with van der Waals surface area (Å²) in [6.45, 7) is 0. The Morgan fingerprint density at radius 1 is 1.12 bits per heavy atom.